The van der Waals surface area contributed by atoms with Crippen LogP contribution in [0.4, 0.5) is 10.5 Å². The van der Waals surface area contributed by atoms with Gasteiger partial charge in [0.25, 0.3) is 0 Å². The summed E-state index contributed by atoms with van der Waals surface area (Å²) in [5, 5.41) is 15.6. The molecule has 7 heteroatoms. The molecule has 1 heterocycles. The van der Waals surface area contributed by atoms with Crippen molar-refractivity contribution in [2.45, 2.75) is 33.4 Å². The number of hydrogen-bond acceptors (Lipinski definition) is 4. The van der Waals surface area contributed by atoms with Gasteiger partial charge in [-0.1, -0.05) is 30.3 Å². The van der Waals surface area contributed by atoms with Crippen LogP contribution in [0.5, 0.6) is 0 Å². The van der Waals surface area contributed by atoms with Crippen LogP contribution in [0.2, 0.25) is 0 Å². The maximum Gasteiger partial charge on any atom is 0.412 e. The van der Waals surface area contributed by atoms with Crippen molar-refractivity contribution in [1.82, 2.24) is 9.78 Å². The molecule has 7 nitrogen and oxygen atoms in total. The van der Waals surface area contributed by atoms with E-state index in [-0.39, 0.29) is 19.6 Å². The average Bonchev–Trinajstić information content (AvgIpc) is 2.79. The fourth-order valence-electron chi connectivity index (χ4n) is 2.16. The summed E-state index contributed by atoms with van der Waals surface area (Å²) in [6.45, 7) is 3.95. The molecule has 0 fully saturated rings. The molecule has 0 aliphatic carbocycles. The minimum atomic E-state index is -0.894. The number of ether oxygens (including phenoxy) is 1. The van der Waals surface area contributed by atoms with Crippen LogP contribution in [-0.4, -0.2) is 26.9 Å². The highest BCUT2D eigenvalue weighted by Gasteiger charge is 2.15. The van der Waals surface area contributed by atoms with Gasteiger partial charge in [-0.15, -0.1) is 0 Å². The fraction of sp³-hybridized carbons (Fsp3) is 0.312. The highest BCUT2D eigenvalue weighted by molar-refractivity contribution is 5.86. The zero-order valence-corrected chi connectivity index (χ0v) is 13.1. The van der Waals surface area contributed by atoms with Crippen LogP contribution < -0.4 is 5.32 Å². The lowest BCUT2D eigenvalue weighted by Crippen LogP contribution is -2.15. The van der Waals surface area contributed by atoms with Crippen LogP contribution in [0, 0.1) is 13.8 Å². The number of carbonyl (C=O) groups excluding carboxylic acids is 1. The van der Waals surface area contributed by atoms with E-state index in [1.54, 1.807) is 18.5 Å². The van der Waals surface area contributed by atoms with Crippen molar-refractivity contribution in [3.8, 4) is 0 Å². The molecule has 1 aromatic carbocycles. The summed E-state index contributed by atoms with van der Waals surface area (Å²) in [6.07, 6.45) is -0.599. The number of amides is 1. The van der Waals surface area contributed by atoms with E-state index in [0.717, 1.165) is 5.56 Å². The molecular formula is C16H19N3O4. The fourth-order valence-corrected chi connectivity index (χ4v) is 2.16. The maximum atomic E-state index is 11.9. The molecule has 0 aliphatic heterocycles. The second kappa shape index (κ2) is 7.44. The van der Waals surface area contributed by atoms with Crippen molar-refractivity contribution >= 4 is 17.7 Å². The standard InChI is InChI=1S/C16H19N3O4/c1-11-15(12(2)19(18-11)9-8-14(20)21)17-16(22)23-10-13-6-4-3-5-7-13/h3-7H,8-10H2,1-2H3,(H,17,22)(H,20,21). The number of aromatic nitrogens is 2. The van der Waals surface area contributed by atoms with E-state index >= 15 is 0 Å². The number of carboxylic acid groups (broad SMARTS) is 1. The zero-order chi connectivity index (χ0) is 16.8. The van der Waals surface area contributed by atoms with Crippen molar-refractivity contribution in [1.29, 1.82) is 0 Å². The summed E-state index contributed by atoms with van der Waals surface area (Å²) in [4.78, 5) is 22.5. The Hall–Kier alpha value is -2.83. The Morgan fingerprint density at radius 2 is 1.96 bits per heavy atom. The summed E-state index contributed by atoms with van der Waals surface area (Å²) in [5.41, 5.74) is 2.76. The number of carbonyl (C=O) groups is 2. The topological polar surface area (TPSA) is 93.5 Å². The Morgan fingerprint density at radius 3 is 2.61 bits per heavy atom. The summed E-state index contributed by atoms with van der Waals surface area (Å²) >= 11 is 0. The first-order valence-corrected chi connectivity index (χ1v) is 7.21. The number of anilines is 1. The minimum Gasteiger partial charge on any atom is -0.481 e. The van der Waals surface area contributed by atoms with Crippen LogP contribution in [0.25, 0.3) is 0 Å². The van der Waals surface area contributed by atoms with Gasteiger partial charge in [0.2, 0.25) is 0 Å². The van der Waals surface area contributed by atoms with E-state index in [9.17, 15) is 9.59 Å². The van der Waals surface area contributed by atoms with E-state index in [4.69, 9.17) is 9.84 Å². The predicted octanol–water partition coefficient (Wildman–Crippen LogP) is 2.72. The molecule has 0 atom stereocenters. The molecule has 1 amide bonds. The molecule has 0 bridgehead atoms. The first-order valence-electron chi connectivity index (χ1n) is 7.21. The normalized spacial score (nSPS) is 10.3. The molecule has 0 saturated heterocycles. The van der Waals surface area contributed by atoms with E-state index in [1.807, 2.05) is 30.3 Å². The number of aliphatic carboxylic acids is 1. The summed E-state index contributed by atoms with van der Waals surface area (Å²) in [7, 11) is 0. The maximum absolute atomic E-state index is 11.9. The van der Waals surface area contributed by atoms with Crippen molar-refractivity contribution in [2.24, 2.45) is 0 Å². The van der Waals surface area contributed by atoms with Gasteiger partial charge in [0.05, 0.1) is 30.0 Å². The SMILES string of the molecule is Cc1nn(CCC(=O)O)c(C)c1NC(=O)OCc1ccccc1. The Bertz CT molecular complexity index is 695. The predicted molar refractivity (Wildman–Crippen MR) is 84.2 cm³/mol. The van der Waals surface area contributed by atoms with Gasteiger partial charge in [-0.2, -0.15) is 5.10 Å². The molecule has 1 aromatic heterocycles. The van der Waals surface area contributed by atoms with Crippen LogP contribution >= 0.6 is 0 Å². The Morgan fingerprint density at radius 1 is 1.26 bits per heavy atom. The number of carboxylic acids is 1. The molecule has 0 saturated carbocycles. The number of hydrogen-bond donors (Lipinski definition) is 2. The zero-order valence-electron chi connectivity index (χ0n) is 13.1. The minimum absolute atomic E-state index is 0.0279. The lowest BCUT2D eigenvalue weighted by Gasteiger charge is -2.08. The lowest BCUT2D eigenvalue weighted by atomic mass is 10.2. The summed E-state index contributed by atoms with van der Waals surface area (Å²) in [5.74, 6) is -0.894. The van der Waals surface area contributed by atoms with E-state index in [1.165, 1.54) is 0 Å². The smallest absolute Gasteiger partial charge is 0.412 e. The van der Waals surface area contributed by atoms with E-state index in [0.29, 0.717) is 17.1 Å². The largest absolute Gasteiger partial charge is 0.481 e. The first kappa shape index (κ1) is 16.5. The van der Waals surface area contributed by atoms with E-state index in [2.05, 4.69) is 10.4 Å². The van der Waals surface area contributed by atoms with Crippen LogP contribution in [0.3, 0.4) is 0 Å². The molecule has 0 radical (unpaired) electrons. The molecular weight excluding hydrogens is 298 g/mol. The monoisotopic (exact) mass is 317 g/mol. The molecule has 0 spiro atoms. The Labute approximate surface area is 133 Å². The van der Waals surface area contributed by atoms with Gasteiger partial charge in [0.1, 0.15) is 6.61 Å². The van der Waals surface area contributed by atoms with Gasteiger partial charge in [0.15, 0.2) is 0 Å². The van der Waals surface area contributed by atoms with Crippen molar-refractivity contribution < 1.29 is 19.4 Å². The third-order valence-electron chi connectivity index (χ3n) is 3.36. The summed E-state index contributed by atoms with van der Waals surface area (Å²) < 4.78 is 6.73. The third-order valence-corrected chi connectivity index (χ3v) is 3.36. The van der Waals surface area contributed by atoms with Gasteiger partial charge >= 0.3 is 12.1 Å². The quantitative estimate of drug-likeness (QED) is 0.854. The summed E-state index contributed by atoms with van der Waals surface area (Å²) in [6, 6.07) is 9.37. The molecule has 122 valence electrons. The number of rotatable bonds is 6. The Kier molecular flexibility index (Phi) is 5.35. The van der Waals surface area contributed by atoms with E-state index < -0.39 is 12.1 Å². The molecule has 2 aromatic rings. The molecule has 0 aliphatic rings. The van der Waals surface area contributed by atoms with Gasteiger partial charge in [-0.3, -0.25) is 14.8 Å². The Balaban J connectivity index is 1.96. The van der Waals surface area contributed by atoms with Gasteiger partial charge < -0.3 is 9.84 Å². The number of benzene rings is 1. The molecule has 2 rings (SSSR count). The molecule has 23 heavy (non-hydrogen) atoms. The number of nitrogens with one attached hydrogen (secondary N) is 1. The molecule has 2 N–H and O–H groups in total. The van der Waals surface area contributed by atoms with Crippen molar-refractivity contribution in [2.75, 3.05) is 5.32 Å². The second-order valence-electron chi connectivity index (χ2n) is 5.10. The van der Waals surface area contributed by atoms with Crippen LogP contribution in [0.15, 0.2) is 30.3 Å². The van der Waals surface area contributed by atoms with Gasteiger partial charge in [-0.25, -0.2) is 4.79 Å². The molecule has 0 unspecified atom stereocenters. The third kappa shape index (κ3) is 4.57. The highest BCUT2D eigenvalue weighted by Crippen LogP contribution is 2.20. The number of nitrogens with zero attached hydrogens (tertiary/aromatic N) is 2. The second-order valence-corrected chi connectivity index (χ2v) is 5.10. The first-order chi connectivity index (χ1) is 11.0. The van der Waals surface area contributed by atoms with Gasteiger partial charge in [0, 0.05) is 0 Å². The van der Waals surface area contributed by atoms with Crippen molar-refractivity contribution in [3.63, 3.8) is 0 Å². The number of aryl methyl sites for hydroxylation is 2. The highest BCUT2D eigenvalue weighted by atomic mass is 16.5. The average molecular weight is 317 g/mol. The van der Waals surface area contributed by atoms with Crippen LogP contribution in [0.1, 0.15) is 23.4 Å². The van der Waals surface area contributed by atoms with Crippen LogP contribution in [-0.2, 0) is 22.7 Å². The van der Waals surface area contributed by atoms with Crippen molar-refractivity contribution in [3.05, 3.63) is 47.3 Å². The lowest BCUT2D eigenvalue weighted by molar-refractivity contribution is -0.137. The van der Waals surface area contributed by atoms with Gasteiger partial charge in [-0.05, 0) is 19.4 Å².